The molecule has 0 unspecified atom stereocenters. The summed E-state index contributed by atoms with van der Waals surface area (Å²) in [6, 6.07) is 0. The summed E-state index contributed by atoms with van der Waals surface area (Å²) in [5.41, 5.74) is 0.442. The quantitative estimate of drug-likeness (QED) is 0.713. The molecule has 0 heterocycles. The minimum absolute atomic E-state index is 0.139. The fourth-order valence-electron chi connectivity index (χ4n) is 5.21. The molecule has 1 heteroatoms. The van der Waals surface area contributed by atoms with Gasteiger partial charge < -0.3 is 0 Å². The SMILES string of the molecule is CC(C)(C)CCC(=O)C12CC3CC(CC(C3)C1)C2. The Kier molecular flexibility index (Phi) is 2.88. The smallest absolute Gasteiger partial charge is 0.139 e. The lowest BCUT2D eigenvalue weighted by atomic mass is 9.48. The van der Waals surface area contributed by atoms with Crippen LogP contribution < -0.4 is 0 Å². The highest BCUT2D eigenvalue weighted by molar-refractivity contribution is 5.85. The summed E-state index contributed by atoms with van der Waals surface area (Å²) in [6.07, 6.45) is 9.92. The Labute approximate surface area is 112 Å². The molecule has 4 rings (SSSR count). The average Bonchev–Trinajstić information content (AvgIpc) is 2.22. The van der Waals surface area contributed by atoms with Gasteiger partial charge in [-0.15, -0.1) is 0 Å². The van der Waals surface area contributed by atoms with Crippen molar-refractivity contribution in [2.75, 3.05) is 0 Å². The number of Topliss-reactive ketones (excluding diaryl/α,β-unsaturated/α-hetero) is 1. The maximum Gasteiger partial charge on any atom is 0.139 e. The first-order valence-corrected chi connectivity index (χ1v) is 7.90. The predicted octanol–water partition coefficient (Wildman–Crippen LogP) is 4.60. The summed E-state index contributed by atoms with van der Waals surface area (Å²) in [6.45, 7) is 6.75. The molecular weight excluding hydrogens is 220 g/mol. The molecular formula is C17H28O. The molecule has 4 bridgehead atoms. The van der Waals surface area contributed by atoms with Crippen LogP contribution in [-0.4, -0.2) is 5.78 Å². The van der Waals surface area contributed by atoms with Crippen LogP contribution in [0.5, 0.6) is 0 Å². The summed E-state index contributed by atoms with van der Waals surface area (Å²) in [5.74, 6) is 3.32. The van der Waals surface area contributed by atoms with Gasteiger partial charge in [-0.05, 0) is 68.1 Å². The summed E-state index contributed by atoms with van der Waals surface area (Å²) < 4.78 is 0. The second-order valence-electron chi connectivity index (χ2n) is 8.68. The van der Waals surface area contributed by atoms with E-state index in [1.54, 1.807) is 0 Å². The van der Waals surface area contributed by atoms with Crippen LogP contribution >= 0.6 is 0 Å². The molecule has 1 nitrogen and oxygen atoms in total. The zero-order valence-corrected chi connectivity index (χ0v) is 12.3. The number of ketones is 1. The maximum atomic E-state index is 12.7. The zero-order valence-electron chi connectivity index (χ0n) is 12.3. The predicted molar refractivity (Wildman–Crippen MR) is 74.3 cm³/mol. The first-order chi connectivity index (χ1) is 8.36. The fourth-order valence-corrected chi connectivity index (χ4v) is 5.21. The molecule has 4 saturated carbocycles. The van der Waals surface area contributed by atoms with Crippen molar-refractivity contribution in [1.82, 2.24) is 0 Å². The molecule has 0 radical (unpaired) electrons. The Morgan fingerprint density at radius 2 is 1.44 bits per heavy atom. The second kappa shape index (κ2) is 4.08. The molecule has 0 aromatic heterocycles. The molecule has 18 heavy (non-hydrogen) atoms. The van der Waals surface area contributed by atoms with Crippen LogP contribution in [0, 0.1) is 28.6 Å². The van der Waals surface area contributed by atoms with Crippen LogP contribution in [0.15, 0.2) is 0 Å². The third kappa shape index (κ3) is 2.26. The van der Waals surface area contributed by atoms with E-state index in [1.807, 2.05) is 0 Å². The van der Waals surface area contributed by atoms with Gasteiger partial charge >= 0.3 is 0 Å². The van der Waals surface area contributed by atoms with E-state index in [0.29, 0.717) is 11.2 Å². The number of rotatable bonds is 3. The normalized spacial score (nSPS) is 42.3. The highest BCUT2D eigenvalue weighted by Gasteiger charge is 2.53. The average molecular weight is 248 g/mol. The lowest BCUT2D eigenvalue weighted by molar-refractivity contribution is -0.144. The molecule has 4 aliphatic carbocycles. The number of carbonyl (C=O) groups is 1. The van der Waals surface area contributed by atoms with Crippen molar-refractivity contribution >= 4 is 5.78 Å². The van der Waals surface area contributed by atoms with Crippen LogP contribution in [0.25, 0.3) is 0 Å². The van der Waals surface area contributed by atoms with Crippen molar-refractivity contribution in [3.8, 4) is 0 Å². The third-order valence-electron chi connectivity index (χ3n) is 5.73. The second-order valence-corrected chi connectivity index (χ2v) is 8.68. The molecule has 4 fully saturated rings. The van der Waals surface area contributed by atoms with Gasteiger partial charge in [-0.25, -0.2) is 0 Å². The van der Waals surface area contributed by atoms with Gasteiger partial charge in [0.15, 0.2) is 0 Å². The van der Waals surface area contributed by atoms with Crippen molar-refractivity contribution in [1.29, 1.82) is 0 Å². The van der Waals surface area contributed by atoms with Gasteiger partial charge in [-0.2, -0.15) is 0 Å². The van der Waals surface area contributed by atoms with Gasteiger partial charge in [0.1, 0.15) is 5.78 Å². The van der Waals surface area contributed by atoms with Crippen molar-refractivity contribution < 1.29 is 4.79 Å². The Bertz CT molecular complexity index is 312. The minimum atomic E-state index is 0.139. The zero-order chi connectivity index (χ0) is 13.0. The summed E-state index contributed by atoms with van der Waals surface area (Å²) >= 11 is 0. The van der Waals surface area contributed by atoms with Gasteiger partial charge in [-0.3, -0.25) is 4.79 Å². The molecule has 0 N–H and O–H groups in total. The van der Waals surface area contributed by atoms with Crippen LogP contribution in [-0.2, 0) is 4.79 Å². The van der Waals surface area contributed by atoms with Crippen molar-refractivity contribution in [3.63, 3.8) is 0 Å². The highest BCUT2D eigenvalue weighted by Crippen LogP contribution is 2.60. The maximum absolute atomic E-state index is 12.7. The van der Waals surface area contributed by atoms with Crippen molar-refractivity contribution in [3.05, 3.63) is 0 Å². The van der Waals surface area contributed by atoms with Gasteiger partial charge in [-0.1, -0.05) is 20.8 Å². The number of hydrogen-bond acceptors (Lipinski definition) is 1. The van der Waals surface area contributed by atoms with Crippen LogP contribution in [0.1, 0.15) is 72.1 Å². The van der Waals surface area contributed by atoms with Gasteiger partial charge in [0, 0.05) is 11.8 Å². The highest BCUT2D eigenvalue weighted by atomic mass is 16.1. The van der Waals surface area contributed by atoms with Gasteiger partial charge in [0.25, 0.3) is 0 Å². The van der Waals surface area contributed by atoms with E-state index in [9.17, 15) is 4.79 Å². The molecule has 0 spiro atoms. The summed E-state index contributed by atoms with van der Waals surface area (Å²) in [5, 5.41) is 0. The number of carbonyl (C=O) groups excluding carboxylic acids is 1. The van der Waals surface area contributed by atoms with E-state index >= 15 is 0 Å². The van der Waals surface area contributed by atoms with Crippen LogP contribution in [0.3, 0.4) is 0 Å². The molecule has 0 saturated heterocycles. The van der Waals surface area contributed by atoms with Crippen molar-refractivity contribution in [2.24, 2.45) is 28.6 Å². The van der Waals surface area contributed by atoms with Gasteiger partial charge in [0.2, 0.25) is 0 Å². The Morgan fingerprint density at radius 3 is 1.83 bits per heavy atom. The molecule has 0 aromatic carbocycles. The van der Waals surface area contributed by atoms with E-state index in [4.69, 9.17) is 0 Å². The summed E-state index contributed by atoms with van der Waals surface area (Å²) in [7, 11) is 0. The van der Waals surface area contributed by atoms with E-state index in [-0.39, 0.29) is 5.41 Å². The third-order valence-corrected chi connectivity index (χ3v) is 5.73. The Hall–Kier alpha value is -0.330. The van der Waals surface area contributed by atoms with E-state index in [0.717, 1.165) is 30.6 Å². The van der Waals surface area contributed by atoms with E-state index in [2.05, 4.69) is 20.8 Å². The first-order valence-electron chi connectivity index (χ1n) is 7.90. The largest absolute Gasteiger partial charge is 0.299 e. The van der Waals surface area contributed by atoms with E-state index < -0.39 is 0 Å². The number of hydrogen-bond donors (Lipinski definition) is 0. The summed E-state index contributed by atoms with van der Waals surface area (Å²) in [4.78, 5) is 12.7. The van der Waals surface area contributed by atoms with Crippen molar-refractivity contribution in [2.45, 2.75) is 72.1 Å². The molecule has 102 valence electrons. The fraction of sp³-hybridized carbons (Fsp3) is 0.941. The molecule has 0 atom stereocenters. The molecule has 0 aliphatic heterocycles. The monoisotopic (exact) mass is 248 g/mol. The van der Waals surface area contributed by atoms with E-state index in [1.165, 1.54) is 38.5 Å². The molecule has 0 aromatic rings. The standard InChI is InChI=1S/C17H28O/c1-16(2,3)5-4-15(18)17-9-12-6-13(10-17)8-14(7-12)11-17/h12-14H,4-11H2,1-3H3. The molecule has 4 aliphatic rings. The van der Waals surface area contributed by atoms with Crippen LogP contribution in [0.4, 0.5) is 0 Å². The lowest BCUT2D eigenvalue weighted by Gasteiger charge is -2.56. The first kappa shape index (κ1) is 12.7. The topological polar surface area (TPSA) is 17.1 Å². The minimum Gasteiger partial charge on any atom is -0.299 e. The molecule has 0 amide bonds. The Balaban J connectivity index is 1.69. The lowest BCUT2D eigenvalue weighted by Crippen LogP contribution is -2.50. The van der Waals surface area contributed by atoms with Crippen LogP contribution in [0.2, 0.25) is 0 Å². The Morgan fingerprint density at radius 1 is 1.00 bits per heavy atom. The van der Waals surface area contributed by atoms with Gasteiger partial charge in [0.05, 0.1) is 0 Å².